The van der Waals surface area contributed by atoms with Gasteiger partial charge < -0.3 is 29.6 Å². The summed E-state index contributed by atoms with van der Waals surface area (Å²) in [5.41, 5.74) is 11.9. The third-order valence-electron chi connectivity index (χ3n) is 7.44. The molecule has 0 saturated carbocycles. The molecule has 3 N–H and O–H groups in total. The summed E-state index contributed by atoms with van der Waals surface area (Å²) in [5, 5.41) is 10.2. The predicted octanol–water partition coefficient (Wildman–Crippen LogP) is 5.82. The largest absolute Gasteiger partial charge is 0.488 e. The zero-order valence-electron chi connectivity index (χ0n) is 25.0. The molecule has 226 valence electrons. The van der Waals surface area contributed by atoms with Gasteiger partial charge in [-0.25, -0.2) is 4.79 Å². The van der Waals surface area contributed by atoms with Crippen molar-refractivity contribution in [2.24, 2.45) is 5.73 Å². The summed E-state index contributed by atoms with van der Waals surface area (Å²) >= 11 is 0. The second kappa shape index (κ2) is 12.9. The number of carbonyl (C=O) groups is 2. The number of hydrogen-bond donors (Lipinski definition) is 2. The van der Waals surface area contributed by atoms with Crippen molar-refractivity contribution in [1.29, 1.82) is 0 Å². The maximum atomic E-state index is 12.6. The minimum absolute atomic E-state index is 0.116. The van der Waals surface area contributed by atoms with E-state index in [1.165, 1.54) is 0 Å². The lowest BCUT2D eigenvalue weighted by Crippen LogP contribution is -2.49. The number of aliphatic carboxylic acids is 1. The van der Waals surface area contributed by atoms with Gasteiger partial charge in [0, 0.05) is 61.3 Å². The third kappa shape index (κ3) is 7.55. The Morgan fingerprint density at radius 2 is 1.70 bits per heavy atom. The number of nitrogens with two attached hydrogens (primary N) is 1. The number of furan rings is 1. The van der Waals surface area contributed by atoms with E-state index in [-0.39, 0.29) is 19.1 Å². The highest BCUT2D eigenvalue weighted by Gasteiger charge is 2.26. The molecule has 9 nitrogen and oxygen atoms in total. The lowest BCUT2D eigenvalue weighted by atomic mass is 9.97. The quantitative estimate of drug-likeness (QED) is 0.252. The molecule has 1 saturated heterocycles. The van der Waals surface area contributed by atoms with Gasteiger partial charge in [0.25, 0.3) is 0 Å². The number of para-hydroxylation sites is 1. The van der Waals surface area contributed by atoms with Crippen LogP contribution in [0, 0.1) is 0 Å². The Labute approximate surface area is 251 Å². The van der Waals surface area contributed by atoms with E-state index in [4.69, 9.17) is 19.6 Å². The van der Waals surface area contributed by atoms with Crippen molar-refractivity contribution in [2.45, 2.75) is 52.5 Å². The van der Waals surface area contributed by atoms with Gasteiger partial charge in [0.1, 0.15) is 23.5 Å². The number of rotatable bonds is 9. The van der Waals surface area contributed by atoms with Gasteiger partial charge in [0.15, 0.2) is 0 Å². The number of amides is 1. The Morgan fingerprint density at radius 3 is 2.42 bits per heavy atom. The number of carbonyl (C=O) groups excluding carboxylic acids is 1. The molecule has 1 fully saturated rings. The Morgan fingerprint density at radius 1 is 0.930 bits per heavy atom. The van der Waals surface area contributed by atoms with Gasteiger partial charge in [0.05, 0.1) is 12.7 Å². The summed E-state index contributed by atoms with van der Waals surface area (Å²) in [7, 11) is 0. The van der Waals surface area contributed by atoms with Crippen LogP contribution in [0.1, 0.15) is 43.0 Å². The van der Waals surface area contributed by atoms with Crippen molar-refractivity contribution in [3.63, 3.8) is 0 Å². The maximum absolute atomic E-state index is 12.6. The zero-order chi connectivity index (χ0) is 30.6. The van der Waals surface area contributed by atoms with E-state index in [1.807, 2.05) is 39.0 Å². The van der Waals surface area contributed by atoms with Crippen LogP contribution < -0.4 is 10.5 Å². The van der Waals surface area contributed by atoms with Crippen LogP contribution in [0.3, 0.4) is 0 Å². The number of benzene rings is 3. The van der Waals surface area contributed by atoms with Gasteiger partial charge in [0.2, 0.25) is 0 Å². The first-order chi connectivity index (χ1) is 20.6. The normalized spacial score (nSPS) is 14.2. The van der Waals surface area contributed by atoms with Gasteiger partial charge in [-0.2, -0.15) is 0 Å². The van der Waals surface area contributed by atoms with Crippen molar-refractivity contribution in [3.8, 4) is 16.9 Å². The molecule has 5 rings (SSSR count). The minimum atomic E-state index is -0.911. The van der Waals surface area contributed by atoms with E-state index >= 15 is 0 Å². The van der Waals surface area contributed by atoms with Crippen LogP contribution in [0.2, 0.25) is 0 Å². The number of carboxylic acid groups (broad SMARTS) is 1. The summed E-state index contributed by atoms with van der Waals surface area (Å²) in [5.74, 6) is -0.375. The molecular weight excluding hydrogens is 546 g/mol. The highest BCUT2D eigenvalue weighted by Crippen LogP contribution is 2.33. The second-order valence-corrected chi connectivity index (χ2v) is 11.9. The number of fused-ring (bicyclic) bond motifs is 1. The van der Waals surface area contributed by atoms with Crippen LogP contribution in [0.4, 0.5) is 4.79 Å². The topological polar surface area (TPSA) is 118 Å². The average molecular weight is 586 g/mol. The number of hydrogen-bond acceptors (Lipinski definition) is 7. The molecule has 0 atom stereocenters. The summed E-state index contributed by atoms with van der Waals surface area (Å²) in [4.78, 5) is 28.0. The van der Waals surface area contributed by atoms with Gasteiger partial charge >= 0.3 is 12.1 Å². The van der Waals surface area contributed by atoms with Crippen molar-refractivity contribution in [2.75, 3.05) is 26.2 Å². The summed E-state index contributed by atoms with van der Waals surface area (Å²) in [6, 6.07) is 19.7. The lowest BCUT2D eigenvalue weighted by Gasteiger charge is -2.35. The van der Waals surface area contributed by atoms with E-state index in [2.05, 4.69) is 29.2 Å². The van der Waals surface area contributed by atoms with Crippen LogP contribution in [-0.4, -0.2) is 58.7 Å². The molecule has 4 aromatic rings. The van der Waals surface area contributed by atoms with Crippen LogP contribution in [-0.2, 0) is 35.6 Å². The fraction of sp³-hybridized carbons (Fsp3) is 0.353. The Hall–Kier alpha value is -4.34. The molecule has 2 heterocycles. The molecule has 43 heavy (non-hydrogen) atoms. The third-order valence-corrected chi connectivity index (χ3v) is 7.44. The molecule has 1 aliphatic rings. The van der Waals surface area contributed by atoms with E-state index in [0.29, 0.717) is 50.6 Å². The first kappa shape index (κ1) is 30.1. The van der Waals surface area contributed by atoms with E-state index in [1.54, 1.807) is 29.4 Å². The van der Waals surface area contributed by atoms with Gasteiger partial charge in [-0.1, -0.05) is 36.4 Å². The monoisotopic (exact) mass is 585 g/mol. The number of nitrogens with zero attached hydrogens (tertiary/aromatic N) is 2. The predicted molar refractivity (Wildman–Crippen MR) is 165 cm³/mol. The van der Waals surface area contributed by atoms with Gasteiger partial charge in [-0.15, -0.1) is 0 Å². The van der Waals surface area contributed by atoms with E-state index in [0.717, 1.165) is 38.8 Å². The number of ether oxygens (including phenoxy) is 2. The maximum Gasteiger partial charge on any atom is 0.410 e. The summed E-state index contributed by atoms with van der Waals surface area (Å²) in [6.45, 7) is 9.55. The van der Waals surface area contributed by atoms with Crippen molar-refractivity contribution >= 4 is 23.0 Å². The van der Waals surface area contributed by atoms with Crippen molar-refractivity contribution in [1.82, 2.24) is 9.80 Å². The molecule has 1 amide bonds. The van der Waals surface area contributed by atoms with Gasteiger partial charge in [-0.05, 0) is 61.7 Å². The molecule has 0 spiro atoms. The molecule has 9 heteroatoms. The lowest BCUT2D eigenvalue weighted by molar-refractivity contribution is -0.136. The van der Waals surface area contributed by atoms with Crippen LogP contribution in [0.15, 0.2) is 71.3 Å². The molecular formula is C34H39N3O6. The minimum Gasteiger partial charge on any atom is -0.488 e. The fourth-order valence-electron chi connectivity index (χ4n) is 5.30. The van der Waals surface area contributed by atoms with E-state index in [9.17, 15) is 14.7 Å². The molecule has 0 aliphatic carbocycles. The standard InChI is InChI=1S/C34H39N3O6/c1-34(2,3)43-33(40)37-13-11-36(12-14-37)20-27-16-26(24-9-6-7-23(15-24)19-35)17-29-28(22-42-32(27)29)21-41-30-10-5-4-8-25(30)18-31(38)39/h4-10,15-17,22H,11-14,18-21,35H2,1-3H3,(H,38,39). The number of carboxylic acids is 1. The molecule has 0 unspecified atom stereocenters. The summed E-state index contributed by atoms with van der Waals surface area (Å²) < 4.78 is 17.8. The molecule has 1 aliphatic heterocycles. The van der Waals surface area contributed by atoms with Crippen molar-refractivity contribution < 1.29 is 28.6 Å². The first-order valence-corrected chi connectivity index (χ1v) is 14.5. The van der Waals surface area contributed by atoms with Crippen LogP contribution in [0.25, 0.3) is 22.1 Å². The zero-order valence-corrected chi connectivity index (χ0v) is 25.0. The molecule has 3 aromatic carbocycles. The molecule has 0 radical (unpaired) electrons. The van der Waals surface area contributed by atoms with Crippen LogP contribution in [0.5, 0.6) is 5.75 Å². The molecule has 0 bridgehead atoms. The first-order valence-electron chi connectivity index (χ1n) is 14.5. The Kier molecular flexibility index (Phi) is 9.03. The summed E-state index contributed by atoms with van der Waals surface area (Å²) in [6.07, 6.45) is 1.32. The smallest absolute Gasteiger partial charge is 0.410 e. The Bertz CT molecular complexity index is 1600. The fourth-order valence-corrected chi connectivity index (χ4v) is 5.30. The Balaban J connectivity index is 1.41. The van der Waals surface area contributed by atoms with Crippen molar-refractivity contribution in [3.05, 3.63) is 89.2 Å². The SMILES string of the molecule is CC(C)(C)OC(=O)N1CCN(Cc2cc(-c3cccc(CN)c3)cc3c(COc4ccccc4CC(=O)O)coc23)CC1. The highest BCUT2D eigenvalue weighted by atomic mass is 16.6. The van der Waals surface area contributed by atoms with Gasteiger partial charge in [-0.3, -0.25) is 9.69 Å². The second-order valence-electron chi connectivity index (χ2n) is 11.9. The van der Waals surface area contributed by atoms with Crippen LogP contribution >= 0.6 is 0 Å². The van der Waals surface area contributed by atoms with E-state index < -0.39 is 11.6 Å². The average Bonchev–Trinajstić information content (AvgIpc) is 3.39. The highest BCUT2D eigenvalue weighted by molar-refractivity contribution is 5.89. The molecule has 1 aromatic heterocycles. The number of piperazine rings is 1.